The fourth-order valence-corrected chi connectivity index (χ4v) is 2.32. The zero-order valence-electron chi connectivity index (χ0n) is 11.1. The van der Waals surface area contributed by atoms with Gasteiger partial charge in [0.1, 0.15) is 11.8 Å². The summed E-state index contributed by atoms with van der Waals surface area (Å²) in [5.74, 6) is 0. The summed E-state index contributed by atoms with van der Waals surface area (Å²) in [6.07, 6.45) is 1.76. The highest BCUT2D eigenvalue weighted by atomic mass is 16.6. The van der Waals surface area contributed by atoms with Gasteiger partial charge >= 0.3 is 0 Å². The van der Waals surface area contributed by atoms with Crippen LogP contribution in [0, 0.1) is 28.4 Å². The van der Waals surface area contributed by atoms with E-state index in [1.165, 1.54) is 12.1 Å². The van der Waals surface area contributed by atoms with Crippen molar-refractivity contribution in [3.8, 4) is 11.8 Å². The van der Waals surface area contributed by atoms with E-state index in [9.17, 15) is 10.1 Å². The Hall–Kier alpha value is -3.20. The topological polar surface area (TPSA) is 84.8 Å². The van der Waals surface area contributed by atoms with Crippen LogP contribution in [0.1, 0.15) is 11.4 Å². The Bertz CT molecular complexity index is 906. The van der Waals surface area contributed by atoms with Crippen LogP contribution in [0.3, 0.4) is 0 Å². The fourth-order valence-electron chi connectivity index (χ4n) is 2.32. The Kier molecular flexibility index (Phi) is 2.88. The van der Waals surface area contributed by atoms with Gasteiger partial charge in [0.25, 0.3) is 5.69 Å². The number of hydrogen-bond acceptors (Lipinski definition) is 4. The Labute approximate surface area is 120 Å². The average Bonchev–Trinajstić information content (AvgIpc) is 2.94. The maximum atomic E-state index is 11.0. The first-order chi connectivity index (χ1) is 10.1. The number of benzene rings is 1. The van der Waals surface area contributed by atoms with E-state index in [1.807, 2.05) is 13.0 Å². The van der Waals surface area contributed by atoms with Crippen LogP contribution >= 0.6 is 0 Å². The van der Waals surface area contributed by atoms with Gasteiger partial charge in [0.05, 0.1) is 16.1 Å². The average molecular weight is 278 g/mol. The number of pyridine rings is 1. The Balaban J connectivity index is 2.38. The molecule has 21 heavy (non-hydrogen) atoms. The second-order valence-electron chi connectivity index (χ2n) is 4.62. The number of nitriles is 1. The van der Waals surface area contributed by atoms with Crippen LogP contribution in [-0.4, -0.2) is 14.5 Å². The van der Waals surface area contributed by atoms with E-state index < -0.39 is 4.92 Å². The lowest BCUT2D eigenvalue weighted by Crippen LogP contribution is -1.99. The molecule has 0 unspecified atom stereocenters. The minimum atomic E-state index is -0.441. The third-order valence-corrected chi connectivity index (χ3v) is 3.23. The summed E-state index contributed by atoms with van der Waals surface area (Å²) in [5.41, 5.74) is 2.62. The largest absolute Gasteiger partial charge is 0.308 e. The lowest BCUT2D eigenvalue weighted by molar-refractivity contribution is -0.384. The van der Waals surface area contributed by atoms with E-state index >= 15 is 0 Å². The quantitative estimate of drug-likeness (QED) is 0.532. The normalized spacial score (nSPS) is 10.5. The number of nitrogens with zero attached hydrogens (tertiary/aromatic N) is 4. The molecule has 0 N–H and O–H groups in total. The Morgan fingerprint density at radius 1 is 1.33 bits per heavy atom. The van der Waals surface area contributed by atoms with E-state index in [-0.39, 0.29) is 5.69 Å². The Morgan fingerprint density at radius 3 is 2.86 bits per heavy atom. The number of fused-ring (bicyclic) bond motifs is 1. The van der Waals surface area contributed by atoms with Crippen LogP contribution in [0.15, 0.2) is 42.6 Å². The molecule has 0 saturated heterocycles. The summed E-state index contributed by atoms with van der Waals surface area (Å²) in [6.45, 7) is 1.85. The van der Waals surface area contributed by atoms with Crippen LogP contribution in [0.2, 0.25) is 0 Å². The van der Waals surface area contributed by atoms with Crippen LogP contribution < -0.4 is 0 Å². The van der Waals surface area contributed by atoms with E-state index in [0.717, 1.165) is 5.69 Å². The molecule has 0 spiro atoms. The molecule has 2 heterocycles. The van der Waals surface area contributed by atoms with Gasteiger partial charge in [-0.25, -0.2) is 0 Å². The van der Waals surface area contributed by atoms with E-state index in [1.54, 1.807) is 29.0 Å². The molecule has 102 valence electrons. The van der Waals surface area contributed by atoms with Crippen molar-refractivity contribution < 1.29 is 4.92 Å². The van der Waals surface area contributed by atoms with Gasteiger partial charge in [-0.2, -0.15) is 5.26 Å². The van der Waals surface area contributed by atoms with Gasteiger partial charge in [0.15, 0.2) is 0 Å². The van der Waals surface area contributed by atoms with Gasteiger partial charge in [0.2, 0.25) is 0 Å². The van der Waals surface area contributed by atoms with Gasteiger partial charge in [-0.3, -0.25) is 15.1 Å². The number of non-ortho nitro benzene ring substituents is 1. The van der Waals surface area contributed by atoms with Crippen molar-refractivity contribution in [1.29, 1.82) is 5.26 Å². The molecule has 6 nitrogen and oxygen atoms in total. The fraction of sp³-hybridized carbons (Fsp3) is 0.0667. The summed E-state index contributed by atoms with van der Waals surface area (Å²) in [5, 5.41) is 20.8. The second-order valence-corrected chi connectivity index (χ2v) is 4.62. The molecule has 6 heteroatoms. The highest BCUT2D eigenvalue weighted by Crippen LogP contribution is 2.27. The third-order valence-electron chi connectivity index (χ3n) is 3.23. The standard InChI is InChI=1S/C15H10N4O2/c1-10-7-15(18-6-2-3-12(18)9-16)13-8-11(19(20)21)4-5-14(13)17-10/h2-8H,1H3. The van der Waals surface area contributed by atoms with E-state index in [2.05, 4.69) is 11.1 Å². The van der Waals surface area contributed by atoms with Crippen LogP contribution in [-0.2, 0) is 0 Å². The predicted molar refractivity (Wildman–Crippen MR) is 77.2 cm³/mol. The molecule has 2 aromatic heterocycles. The molecule has 0 amide bonds. The summed E-state index contributed by atoms with van der Waals surface area (Å²) < 4.78 is 1.71. The van der Waals surface area contributed by atoms with Gasteiger partial charge in [-0.1, -0.05) is 0 Å². The summed E-state index contributed by atoms with van der Waals surface area (Å²) >= 11 is 0. The van der Waals surface area contributed by atoms with Crippen LogP contribution in [0.5, 0.6) is 0 Å². The highest BCUT2D eigenvalue weighted by Gasteiger charge is 2.13. The number of hydrogen-bond donors (Lipinski definition) is 0. The minimum absolute atomic E-state index is 0.0000619. The van der Waals surface area contributed by atoms with E-state index in [4.69, 9.17) is 5.26 Å². The molecule has 0 aliphatic carbocycles. The van der Waals surface area contributed by atoms with Crippen LogP contribution in [0.4, 0.5) is 5.69 Å². The maximum Gasteiger partial charge on any atom is 0.270 e. The first-order valence-corrected chi connectivity index (χ1v) is 6.24. The molecule has 0 radical (unpaired) electrons. The number of aryl methyl sites for hydroxylation is 1. The Morgan fingerprint density at radius 2 is 2.14 bits per heavy atom. The van der Waals surface area contributed by atoms with Crippen molar-refractivity contribution in [2.24, 2.45) is 0 Å². The van der Waals surface area contributed by atoms with Crippen LogP contribution in [0.25, 0.3) is 16.6 Å². The van der Waals surface area contributed by atoms with Crippen molar-refractivity contribution >= 4 is 16.6 Å². The number of aromatic nitrogens is 2. The molecule has 0 aliphatic heterocycles. The summed E-state index contributed by atoms with van der Waals surface area (Å²) in [4.78, 5) is 14.9. The molecule has 0 bridgehead atoms. The number of rotatable bonds is 2. The molecular formula is C15H10N4O2. The highest BCUT2D eigenvalue weighted by molar-refractivity contribution is 5.89. The summed E-state index contributed by atoms with van der Waals surface area (Å²) in [6, 6.07) is 11.9. The lowest BCUT2D eigenvalue weighted by Gasteiger charge is -2.10. The zero-order chi connectivity index (χ0) is 15.0. The first kappa shape index (κ1) is 12.8. The van der Waals surface area contributed by atoms with Gasteiger partial charge < -0.3 is 4.57 Å². The molecule has 3 aromatic rings. The van der Waals surface area contributed by atoms with Crippen molar-refractivity contribution in [2.75, 3.05) is 0 Å². The van der Waals surface area contributed by atoms with E-state index in [0.29, 0.717) is 22.3 Å². The molecule has 0 aliphatic rings. The molecule has 3 rings (SSSR count). The van der Waals surface area contributed by atoms with Crippen molar-refractivity contribution in [2.45, 2.75) is 6.92 Å². The number of nitro groups is 1. The molecule has 1 aromatic carbocycles. The molecule has 0 saturated carbocycles. The number of nitro benzene ring substituents is 1. The first-order valence-electron chi connectivity index (χ1n) is 6.24. The monoisotopic (exact) mass is 278 g/mol. The molecule has 0 atom stereocenters. The lowest BCUT2D eigenvalue weighted by atomic mass is 10.1. The summed E-state index contributed by atoms with van der Waals surface area (Å²) in [7, 11) is 0. The smallest absolute Gasteiger partial charge is 0.270 e. The second kappa shape index (κ2) is 4.72. The molecule has 0 fully saturated rings. The van der Waals surface area contributed by atoms with Gasteiger partial charge in [-0.05, 0) is 31.2 Å². The third kappa shape index (κ3) is 2.11. The van der Waals surface area contributed by atoms with Gasteiger partial charge in [0, 0.05) is 29.4 Å². The molecular weight excluding hydrogens is 268 g/mol. The minimum Gasteiger partial charge on any atom is -0.308 e. The van der Waals surface area contributed by atoms with Crippen molar-refractivity contribution in [3.05, 3.63) is 64.1 Å². The predicted octanol–water partition coefficient (Wildman–Crippen LogP) is 3.11. The SMILES string of the molecule is Cc1cc(-n2cccc2C#N)c2cc([N+](=O)[O-])ccc2n1. The van der Waals surface area contributed by atoms with Crippen molar-refractivity contribution in [3.63, 3.8) is 0 Å². The van der Waals surface area contributed by atoms with Crippen molar-refractivity contribution in [1.82, 2.24) is 9.55 Å². The zero-order valence-corrected chi connectivity index (χ0v) is 11.1. The maximum absolute atomic E-state index is 11.0. The van der Waals surface area contributed by atoms with Gasteiger partial charge in [-0.15, -0.1) is 0 Å².